The van der Waals surface area contributed by atoms with Crippen LogP contribution in [0.4, 0.5) is 13.2 Å². The monoisotopic (exact) mass is 286 g/mol. The smallest absolute Gasteiger partial charge is 0.293 e. The molecule has 0 amide bonds. The summed E-state index contributed by atoms with van der Waals surface area (Å²) in [6.07, 6.45) is -4.49. The normalized spacial score (nSPS) is 11.6. The number of hydrogen-bond donors (Lipinski definition) is 0. The average molecular weight is 286 g/mol. The Morgan fingerprint density at radius 2 is 2.11 bits per heavy atom. The lowest BCUT2D eigenvalue weighted by Crippen LogP contribution is -2.07. The van der Waals surface area contributed by atoms with Gasteiger partial charge in [0.15, 0.2) is 5.78 Å². The van der Waals surface area contributed by atoms with Crippen molar-refractivity contribution in [3.63, 3.8) is 0 Å². The fourth-order valence-corrected chi connectivity index (χ4v) is 2.20. The molecule has 0 aliphatic rings. The molecule has 0 spiro atoms. The molecule has 0 fully saturated rings. The highest BCUT2D eigenvalue weighted by Crippen LogP contribution is 2.29. The van der Waals surface area contributed by atoms with Crippen molar-refractivity contribution < 1.29 is 18.0 Å². The van der Waals surface area contributed by atoms with E-state index in [1.807, 2.05) is 0 Å². The van der Waals surface area contributed by atoms with Crippen LogP contribution in [0.3, 0.4) is 0 Å². The average Bonchev–Trinajstić information content (AvgIpc) is 2.75. The molecule has 2 aromatic rings. The molecular formula is C12H9F3N2OS. The number of halogens is 3. The second-order valence-corrected chi connectivity index (χ2v) is 4.74. The van der Waals surface area contributed by atoms with Gasteiger partial charge in [-0.05, 0) is 30.1 Å². The number of aryl methyl sites for hydroxylation is 1. The second-order valence-electron chi connectivity index (χ2n) is 3.99. The first-order chi connectivity index (χ1) is 8.88. The molecule has 0 unspecified atom stereocenters. The van der Waals surface area contributed by atoms with Crippen molar-refractivity contribution >= 4 is 17.3 Å². The van der Waals surface area contributed by atoms with Crippen LogP contribution in [0.25, 0.3) is 0 Å². The van der Waals surface area contributed by atoms with Gasteiger partial charge in [0, 0.05) is 6.42 Å². The molecule has 19 heavy (non-hydrogen) atoms. The first-order valence-corrected chi connectivity index (χ1v) is 6.13. The maximum absolute atomic E-state index is 12.5. The maximum Gasteiger partial charge on any atom is 0.416 e. The van der Waals surface area contributed by atoms with Crippen LogP contribution in [0, 0.1) is 6.92 Å². The molecule has 1 aromatic heterocycles. The van der Waals surface area contributed by atoms with E-state index in [9.17, 15) is 18.0 Å². The van der Waals surface area contributed by atoms with E-state index in [4.69, 9.17) is 0 Å². The number of carbonyl (C=O) groups is 1. The SMILES string of the molecule is Cc1nnsc1C(=O)Cc1cccc(C(F)(F)F)c1. The lowest BCUT2D eigenvalue weighted by Gasteiger charge is -2.08. The molecule has 0 aliphatic carbocycles. The minimum Gasteiger partial charge on any atom is -0.293 e. The number of Topliss-reactive ketones (excluding diaryl/α,β-unsaturated/α-hetero) is 1. The molecule has 0 atom stereocenters. The van der Waals surface area contributed by atoms with E-state index in [0.29, 0.717) is 16.1 Å². The van der Waals surface area contributed by atoms with Gasteiger partial charge in [-0.2, -0.15) is 13.2 Å². The zero-order chi connectivity index (χ0) is 14.0. The van der Waals surface area contributed by atoms with Gasteiger partial charge in [0.1, 0.15) is 4.88 Å². The Balaban J connectivity index is 2.21. The number of benzene rings is 1. The minimum atomic E-state index is -4.40. The Kier molecular flexibility index (Phi) is 3.66. The van der Waals surface area contributed by atoms with E-state index in [2.05, 4.69) is 9.59 Å². The molecule has 7 heteroatoms. The lowest BCUT2D eigenvalue weighted by atomic mass is 10.0. The number of aromatic nitrogens is 2. The van der Waals surface area contributed by atoms with E-state index in [1.54, 1.807) is 6.92 Å². The Morgan fingerprint density at radius 1 is 1.37 bits per heavy atom. The number of hydrogen-bond acceptors (Lipinski definition) is 4. The number of alkyl halides is 3. The third kappa shape index (κ3) is 3.17. The topological polar surface area (TPSA) is 42.9 Å². The zero-order valence-electron chi connectivity index (χ0n) is 9.86. The van der Waals surface area contributed by atoms with Gasteiger partial charge in [-0.15, -0.1) is 5.10 Å². The Labute approximate surface area is 111 Å². The summed E-state index contributed by atoms with van der Waals surface area (Å²) in [6, 6.07) is 4.76. The molecule has 1 heterocycles. The van der Waals surface area contributed by atoms with Crippen LogP contribution in [0.2, 0.25) is 0 Å². The van der Waals surface area contributed by atoms with Crippen LogP contribution < -0.4 is 0 Å². The van der Waals surface area contributed by atoms with Gasteiger partial charge in [-0.3, -0.25) is 4.79 Å². The van der Waals surface area contributed by atoms with E-state index in [0.717, 1.165) is 23.7 Å². The molecule has 2 rings (SSSR count). The van der Waals surface area contributed by atoms with Crippen molar-refractivity contribution in [1.29, 1.82) is 0 Å². The molecule has 0 saturated heterocycles. The number of nitrogens with zero attached hydrogens (tertiary/aromatic N) is 2. The van der Waals surface area contributed by atoms with Crippen LogP contribution in [0.5, 0.6) is 0 Å². The largest absolute Gasteiger partial charge is 0.416 e. The van der Waals surface area contributed by atoms with Gasteiger partial charge < -0.3 is 0 Å². The highest BCUT2D eigenvalue weighted by Gasteiger charge is 2.30. The van der Waals surface area contributed by atoms with Gasteiger partial charge >= 0.3 is 6.18 Å². The Bertz CT molecular complexity index is 607. The summed E-state index contributed by atoms with van der Waals surface area (Å²) in [5.74, 6) is -0.271. The standard InChI is InChI=1S/C12H9F3N2OS/c1-7-11(19-17-16-7)10(18)6-8-3-2-4-9(5-8)12(13,14)15/h2-5H,6H2,1H3. The molecule has 0 aliphatic heterocycles. The quantitative estimate of drug-likeness (QED) is 0.813. The fraction of sp³-hybridized carbons (Fsp3) is 0.250. The van der Waals surface area contributed by atoms with Gasteiger partial charge in [0.25, 0.3) is 0 Å². The molecule has 0 radical (unpaired) electrons. The zero-order valence-corrected chi connectivity index (χ0v) is 10.7. The molecular weight excluding hydrogens is 277 g/mol. The number of carbonyl (C=O) groups excluding carboxylic acids is 1. The summed E-state index contributed by atoms with van der Waals surface area (Å²) in [6.45, 7) is 1.64. The van der Waals surface area contributed by atoms with Crippen LogP contribution in [-0.4, -0.2) is 15.4 Å². The Morgan fingerprint density at radius 3 is 2.68 bits per heavy atom. The van der Waals surface area contributed by atoms with Crippen molar-refractivity contribution in [1.82, 2.24) is 9.59 Å². The highest BCUT2D eigenvalue weighted by atomic mass is 32.1. The summed E-state index contributed by atoms with van der Waals surface area (Å²) < 4.78 is 41.3. The molecule has 0 bridgehead atoms. The van der Waals surface area contributed by atoms with Gasteiger partial charge in [-0.1, -0.05) is 22.7 Å². The third-order valence-corrected chi connectivity index (χ3v) is 3.39. The predicted molar refractivity (Wildman–Crippen MR) is 64.1 cm³/mol. The molecule has 3 nitrogen and oxygen atoms in total. The maximum atomic E-state index is 12.5. The van der Waals surface area contributed by atoms with Crippen molar-refractivity contribution in [2.24, 2.45) is 0 Å². The second kappa shape index (κ2) is 5.08. The van der Waals surface area contributed by atoms with E-state index in [1.165, 1.54) is 12.1 Å². The van der Waals surface area contributed by atoms with Crippen LogP contribution >= 0.6 is 11.5 Å². The molecule has 1 aromatic carbocycles. The molecule has 0 N–H and O–H groups in total. The first kappa shape index (κ1) is 13.7. The van der Waals surface area contributed by atoms with Crippen molar-refractivity contribution in [2.45, 2.75) is 19.5 Å². The van der Waals surface area contributed by atoms with E-state index >= 15 is 0 Å². The molecule has 100 valence electrons. The van der Waals surface area contributed by atoms with Crippen LogP contribution in [0.1, 0.15) is 26.5 Å². The van der Waals surface area contributed by atoms with Gasteiger partial charge in [0.2, 0.25) is 0 Å². The highest BCUT2D eigenvalue weighted by molar-refractivity contribution is 7.08. The van der Waals surface area contributed by atoms with Crippen LogP contribution in [-0.2, 0) is 12.6 Å². The number of ketones is 1. The first-order valence-electron chi connectivity index (χ1n) is 5.36. The van der Waals surface area contributed by atoms with Crippen molar-refractivity contribution in [3.05, 3.63) is 46.0 Å². The predicted octanol–water partition coefficient (Wildman–Crippen LogP) is 3.29. The minimum absolute atomic E-state index is 0.0887. The summed E-state index contributed by atoms with van der Waals surface area (Å²) in [4.78, 5) is 12.3. The van der Waals surface area contributed by atoms with Crippen molar-refractivity contribution in [2.75, 3.05) is 0 Å². The molecule has 0 saturated carbocycles. The summed E-state index contributed by atoms with van der Waals surface area (Å²) in [5.41, 5.74) is 0.0755. The van der Waals surface area contributed by atoms with Gasteiger partial charge in [-0.25, -0.2) is 0 Å². The lowest BCUT2D eigenvalue weighted by molar-refractivity contribution is -0.137. The summed E-state index contributed by atoms with van der Waals surface area (Å²) in [5, 5.41) is 3.70. The summed E-state index contributed by atoms with van der Waals surface area (Å²) >= 11 is 0.954. The fourth-order valence-electron chi connectivity index (χ4n) is 1.61. The van der Waals surface area contributed by atoms with Gasteiger partial charge in [0.05, 0.1) is 11.3 Å². The van der Waals surface area contributed by atoms with Crippen LogP contribution in [0.15, 0.2) is 24.3 Å². The third-order valence-electron chi connectivity index (χ3n) is 2.52. The van der Waals surface area contributed by atoms with E-state index < -0.39 is 11.7 Å². The Hall–Kier alpha value is -1.76. The number of rotatable bonds is 3. The van der Waals surface area contributed by atoms with E-state index in [-0.39, 0.29) is 12.2 Å². The van der Waals surface area contributed by atoms with Crippen molar-refractivity contribution in [3.8, 4) is 0 Å². The summed E-state index contributed by atoms with van der Waals surface area (Å²) in [7, 11) is 0.